The molecule has 1 aromatic carbocycles. The highest BCUT2D eigenvalue weighted by molar-refractivity contribution is 6.30. The summed E-state index contributed by atoms with van der Waals surface area (Å²) in [5.41, 5.74) is 1.82. The first-order valence-corrected chi connectivity index (χ1v) is 6.61. The molecule has 0 unspecified atom stereocenters. The van der Waals surface area contributed by atoms with Crippen LogP contribution in [0.5, 0.6) is 5.75 Å². The molecule has 2 aromatic rings. The van der Waals surface area contributed by atoms with Crippen molar-refractivity contribution in [3.05, 3.63) is 46.3 Å². The summed E-state index contributed by atoms with van der Waals surface area (Å²) in [6, 6.07) is 7.47. The molecule has 0 aliphatic carbocycles. The summed E-state index contributed by atoms with van der Waals surface area (Å²) in [6.07, 6.45) is 0. The Bertz CT molecular complexity index is 540. The topological polar surface area (TPSA) is 47.3 Å². The Labute approximate surface area is 117 Å². The van der Waals surface area contributed by atoms with Crippen molar-refractivity contribution in [1.29, 1.82) is 0 Å². The molecule has 4 nitrogen and oxygen atoms in total. The Kier molecular flexibility index (Phi) is 4.82. The lowest BCUT2D eigenvalue weighted by Crippen LogP contribution is -2.13. The predicted octanol–water partition coefficient (Wildman–Crippen LogP) is 3.32. The average Bonchev–Trinajstić information content (AvgIpc) is 2.81. The lowest BCUT2D eigenvalue weighted by atomic mass is 10.2. The average molecular weight is 281 g/mol. The number of hydrogen-bond donors (Lipinski definition) is 1. The van der Waals surface area contributed by atoms with Gasteiger partial charge in [0, 0.05) is 23.2 Å². The zero-order valence-corrected chi connectivity index (χ0v) is 11.8. The van der Waals surface area contributed by atoms with E-state index in [2.05, 4.69) is 17.4 Å². The highest BCUT2D eigenvalue weighted by atomic mass is 35.5. The quantitative estimate of drug-likeness (QED) is 0.882. The third kappa shape index (κ3) is 3.98. The molecule has 0 fully saturated rings. The second-order valence-corrected chi connectivity index (χ2v) is 4.69. The van der Waals surface area contributed by atoms with Gasteiger partial charge in [0.2, 0.25) is 0 Å². The molecule has 1 N–H and O–H groups in total. The first-order valence-electron chi connectivity index (χ1n) is 6.23. The number of nitrogens with one attached hydrogen (secondary N) is 1. The minimum Gasteiger partial charge on any atom is -0.487 e. The summed E-state index contributed by atoms with van der Waals surface area (Å²) in [5.74, 6) is 1.59. The highest BCUT2D eigenvalue weighted by Gasteiger charge is 2.07. The zero-order valence-electron chi connectivity index (χ0n) is 11.1. The van der Waals surface area contributed by atoms with Crippen LogP contribution >= 0.6 is 11.6 Å². The predicted molar refractivity (Wildman–Crippen MR) is 74.4 cm³/mol. The molecule has 0 amide bonds. The molecule has 0 aliphatic heterocycles. The Morgan fingerprint density at radius 1 is 1.37 bits per heavy atom. The molecule has 0 aliphatic rings. The maximum Gasteiger partial charge on any atom is 0.134 e. The van der Waals surface area contributed by atoms with Crippen molar-refractivity contribution in [2.24, 2.45) is 0 Å². The summed E-state index contributed by atoms with van der Waals surface area (Å²) >= 11 is 6.01. The molecule has 0 bridgehead atoms. The van der Waals surface area contributed by atoms with Crippen molar-refractivity contribution < 1.29 is 9.26 Å². The van der Waals surface area contributed by atoms with Gasteiger partial charge in [-0.25, -0.2) is 0 Å². The molecule has 0 spiro atoms. The van der Waals surface area contributed by atoms with Crippen LogP contribution < -0.4 is 10.1 Å². The van der Waals surface area contributed by atoms with E-state index >= 15 is 0 Å². The van der Waals surface area contributed by atoms with E-state index < -0.39 is 0 Å². The molecular formula is C14H17ClN2O2. The van der Waals surface area contributed by atoms with Crippen LogP contribution in [0.4, 0.5) is 0 Å². The fraction of sp³-hybridized carbons (Fsp3) is 0.357. The maximum atomic E-state index is 6.01. The molecule has 1 aromatic heterocycles. The van der Waals surface area contributed by atoms with Crippen LogP contribution in [0.25, 0.3) is 0 Å². The fourth-order valence-electron chi connectivity index (χ4n) is 1.72. The molecule has 102 valence electrons. The summed E-state index contributed by atoms with van der Waals surface area (Å²) in [6.45, 7) is 5.93. The molecule has 0 radical (unpaired) electrons. The summed E-state index contributed by atoms with van der Waals surface area (Å²) in [4.78, 5) is 0. The number of aromatic nitrogens is 1. The van der Waals surface area contributed by atoms with Gasteiger partial charge in [0.15, 0.2) is 0 Å². The number of benzene rings is 1. The van der Waals surface area contributed by atoms with Crippen LogP contribution in [0, 0.1) is 6.92 Å². The van der Waals surface area contributed by atoms with Gasteiger partial charge in [-0.15, -0.1) is 0 Å². The molecule has 0 saturated carbocycles. The SMILES string of the molecule is CCNCc1cc(Cl)ccc1OCc1cc(C)on1. The van der Waals surface area contributed by atoms with Gasteiger partial charge in [-0.1, -0.05) is 23.7 Å². The zero-order chi connectivity index (χ0) is 13.7. The fourth-order valence-corrected chi connectivity index (χ4v) is 1.92. The van der Waals surface area contributed by atoms with E-state index in [1.165, 1.54) is 0 Å². The van der Waals surface area contributed by atoms with E-state index in [-0.39, 0.29) is 0 Å². The second-order valence-electron chi connectivity index (χ2n) is 4.25. The van der Waals surface area contributed by atoms with Crippen LogP contribution in [-0.2, 0) is 13.2 Å². The van der Waals surface area contributed by atoms with Crippen LogP contribution in [0.1, 0.15) is 23.9 Å². The third-order valence-electron chi connectivity index (χ3n) is 2.64. The number of ether oxygens (including phenoxy) is 1. The standard InChI is InChI=1S/C14H17ClN2O2/c1-3-16-8-11-7-12(15)4-5-14(11)18-9-13-6-10(2)19-17-13/h4-7,16H,3,8-9H2,1-2H3. The van der Waals surface area contributed by atoms with E-state index in [1.54, 1.807) is 0 Å². The van der Waals surface area contributed by atoms with Crippen LogP contribution in [0.3, 0.4) is 0 Å². The lowest BCUT2D eigenvalue weighted by Gasteiger charge is -2.11. The number of aryl methyl sites for hydroxylation is 1. The third-order valence-corrected chi connectivity index (χ3v) is 2.88. The van der Waals surface area contributed by atoms with Gasteiger partial charge in [-0.3, -0.25) is 0 Å². The van der Waals surface area contributed by atoms with Crippen molar-refractivity contribution in [2.45, 2.75) is 27.0 Å². The van der Waals surface area contributed by atoms with E-state index in [9.17, 15) is 0 Å². The summed E-state index contributed by atoms with van der Waals surface area (Å²) in [5, 5.41) is 7.87. The maximum absolute atomic E-state index is 6.01. The van der Waals surface area contributed by atoms with E-state index in [0.717, 1.165) is 35.9 Å². The number of nitrogens with zero attached hydrogens (tertiary/aromatic N) is 1. The van der Waals surface area contributed by atoms with E-state index in [0.29, 0.717) is 11.6 Å². The molecule has 2 rings (SSSR count). The van der Waals surface area contributed by atoms with Crippen LogP contribution in [0.15, 0.2) is 28.8 Å². The molecular weight excluding hydrogens is 264 g/mol. The Hall–Kier alpha value is -1.52. The van der Waals surface area contributed by atoms with Gasteiger partial charge in [0.05, 0.1) is 0 Å². The summed E-state index contributed by atoms with van der Waals surface area (Å²) in [7, 11) is 0. The van der Waals surface area contributed by atoms with Gasteiger partial charge >= 0.3 is 0 Å². The monoisotopic (exact) mass is 280 g/mol. The van der Waals surface area contributed by atoms with Crippen molar-refractivity contribution in [3.8, 4) is 5.75 Å². The summed E-state index contributed by atoms with van der Waals surface area (Å²) < 4.78 is 10.8. The van der Waals surface area contributed by atoms with Gasteiger partial charge in [0.25, 0.3) is 0 Å². The largest absolute Gasteiger partial charge is 0.487 e. The number of halogens is 1. The van der Waals surface area contributed by atoms with Crippen molar-refractivity contribution >= 4 is 11.6 Å². The first kappa shape index (κ1) is 13.9. The first-order chi connectivity index (χ1) is 9.19. The van der Waals surface area contributed by atoms with Gasteiger partial charge < -0.3 is 14.6 Å². The minimum absolute atomic E-state index is 0.387. The highest BCUT2D eigenvalue weighted by Crippen LogP contribution is 2.23. The number of rotatable bonds is 6. The van der Waals surface area contributed by atoms with Gasteiger partial charge in [-0.05, 0) is 31.7 Å². The smallest absolute Gasteiger partial charge is 0.134 e. The van der Waals surface area contributed by atoms with Crippen LogP contribution in [0.2, 0.25) is 5.02 Å². The lowest BCUT2D eigenvalue weighted by molar-refractivity contribution is 0.284. The molecule has 0 saturated heterocycles. The Morgan fingerprint density at radius 3 is 2.89 bits per heavy atom. The Balaban J connectivity index is 2.05. The van der Waals surface area contributed by atoms with Crippen molar-refractivity contribution in [3.63, 3.8) is 0 Å². The van der Waals surface area contributed by atoms with Crippen LogP contribution in [-0.4, -0.2) is 11.7 Å². The molecule has 5 heteroatoms. The van der Waals surface area contributed by atoms with E-state index in [4.69, 9.17) is 20.9 Å². The number of hydrogen-bond acceptors (Lipinski definition) is 4. The van der Waals surface area contributed by atoms with Crippen molar-refractivity contribution in [2.75, 3.05) is 6.54 Å². The van der Waals surface area contributed by atoms with Gasteiger partial charge in [0.1, 0.15) is 23.8 Å². The molecule has 0 atom stereocenters. The Morgan fingerprint density at radius 2 is 2.21 bits per heavy atom. The van der Waals surface area contributed by atoms with Crippen molar-refractivity contribution in [1.82, 2.24) is 10.5 Å². The normalized spacial score (nSPS) is 10.7. The van der Waals surface area contributed by atoms with Gasteiger partial charge in [-0.2, -0.15) is 0 Å². The van der Waals surface area contributed by atoms with E-state index in [1.807, 2.05) is 31.2 Å². The molecule has 1 heterocycles. The molecule has 19 heavy (non-hydrogen) atoms. The second kappa shape index (κ2) is 6.59. The minimum atomic E-state index is 0.387.